The van der Waals surface area contributed by atoms with Gasteiger partial charge in [0.2, 0.25) is 5.82 Å². The molecule has 0 bridgehead atoms. The van der Waals surface area contributed by atoms with Gasteiger partial charge in [0.25, 0.3) is 0 Å². The fourth-order valence-corrected chi connectivity index (χ4v) is 4.42. The number of aromatic amines is 1. The van der Waals surface area contributed by atoms with Crippen molar-refractivity contribution in [1.29, 1.82) is 0 Å². The van der Waals surface area contributed by atoms with Crippen molar-refractivity contribution in [3.63, 3.8) is 0 Å². The van der Waals surface area contributed by atoms with Crippen molar-refractivity contribution < 1.29 is 13.2 Å². The van der Waals surface area contributed by atoms with E-state index in [4.69, 9.17) is 4.74 Å². The monoisotopic (exact) mass is 406 g/mol. The molecule has 0 saturated carbocycles. The maximum absolute atomic E-state index is 13.0. The zero-order chi connectivity index (χ0) is 20.3. The van der Waals surface area contributed by atoms with Gasteiger partial charge < -0.3 is 4.74 Å². The maximum Gasteiger partial charge on any atom is 0.204 e. The second kappa shape index (κ2) is 7.84. The summed E-state index contributed by atoms with van der Waals surface area (Å²) in [7, 11) is -1.92. The topological polar surface area (TPSA) is 97.8 Å². The molecule has 1 aromatic heterocycles. The third kappa shape index (κ3) is 4.17. The van der Waals surface area contributed by atoms with Gasteiger partial charge in [0, 0.05) is 5.56 Å². The van der Waals surface area contributed by atoms with Crippen LogP contribution in [0, 0.1) is 0 Å². The summed E-state index contributed by atoms with van der Waals surface area (Å²) >= 11 is 0. The smallest absolute Gasteiger partial charge is 0.204 e. The summed E-state index contributed by atoms with van der Waals surface area (Å²) < 4.78 is 31.2. The number of methoxy groups -OCH3 is 1. The molecule has 0 saturated heterocycles. The summed E-state index contributed by atoms with van der Waals surface area (Å²) in [5.41, 5.74) is 3.11. The quantitative estimate of drug-likeness (QED) is 0.526. The predicted octanol–water partition coefficient (Wildman–Crippen LogP) is 3.52. The molecule has 0 aliphatic carbocycles. The number of tetrazole rings is 1. The molecule has 4 aromatic rings. The molecular formula is C21H18N4O3S. The maximum atomic E-state index is 13.0. The van der Waals surface area contributed by atoms with Gasteiger partial charge in [0.15, 0.2) is 9.84 Å². The van der Waals surface area contributed by atoms with Crippen LogP contribution in [0.5, 0.6) is 5.75 Å². The number of nitrogens with one attached hydrogen (secondary N) is 1. The standard InChI is InChI=1S/C21H18N4O3S/c1-28-19-10-8-16(9-11-19)17-5-3-7-20(13-17)29(26,27)14-15-4-2-6-18(12-15)21-22-24-25-23-21/h2-13H,14H2,1H3,(H,22,23,24,25). The molecule has 0 spiro atoms. The first-order valence-electron chi connectivity index (χ1n) is 8.85. The number of nitrogens with zero attached hydrogens (tertiary/aromatic N) is 3. The minimum absolute atomic E-state index is 0.120. The van der Waals surface area contributed by atoms with Crippen LogP contribution in [-0.2, 0) is 15.6 Å². The molecule has 29 heavy (non-hydrogen) atoms. The normalized spacial score (nSPS) is 11.3. The van der Waals surface area contributed by atoms with Crippen molar-refractivity contribution in [2.45, 2.75) is 10.6 Å². The second-order valence-corrected chi connectivity index (χ2v) is 8.44. The average molecular weight is 406 g/mol. The van der Waals surface area contributed by atoms with Crippen LogP contribution in [0.4, 0.5) is 0 Å². The van der Waals surface area contributed by atoms with E-state index < -0.39 is 9.84 Å². The number of hydrogen-bond acceptors (Lipinski definition) is 6. The lowest BCUT2D eigenvalue weighted by atomic mass is 10.1. The van der Waals surface area contributed by atoms with E-state index in [2.05, 4.69) is 20.6 Å². The SMILES string of the molecule is COc1ccc(-c2cccc(S(=O)(=O)Cc3cccc(-c4nn[nH]n4)c3)c2)cc1. The van der Waals surface area contributed by atoms with Crippen LogP contribution in [0.1, 0.15) is 5.56 Å². The summed E-state index contributed by atoms with van der Waals surface area (Å²) in [6.45, 7) is 0. The molecule has 0 unspecified atom stereocenters. The molecule has 0 radical (unpaired) electrons. The van der Waals surface area contributed by atoms with E-state index in [9.17, 15) is 8.42 Å². The first kappa shape index (κ1) is 18.8. The Morgan fingerprint density at radius 1 is 0.897 bits per heavy atom. The Balaban J connectivity index is 1.61. The minimum atomic E-state index is -3.53. The highest BCUT2D eigenvalue weighted by Crippen LogP contribution is 2.26. The van der Waals surface area contributed by atoms with Crippen molar-refractivity contribution in [3.8, 4) is 28.3 Å². The van der Waals surface area contributed by atoms with Crippen LogP contribution in [0.25, 0.3) is 22.5 Å². The lowest BCUT2D eigenvalue weighted by molar-refractivity contribution is 0.415. The van der Waals surface area contributed by atoms with Gasteiger partial charge >= 0.3 is 0 Å². The van der Waals surface area contributed by atoms with Crippen molar-refractivity contribution in [2.24, 2.45) is 0 Å². The van der Waals surface area contributed by atoms with E-state index in [-0.39, 0.29) is 10.6 Å². The Kier molecular flexibility index (Phi) is 5.09. The Hall–Kier alpha value is -3.52. The lowest BCUT2D eigenvalue weighted by Gasteiger charge is -2.09. The Morgan fingerprint density at radius 3 is 2.38 bits per heavy atom. The molecule has 7 nitrogen and oxygen atoms in total. The summed E-state index contributed by atoms with van der Waals surface area (Å²) in [5.74, 6) is 1.05. The summed E-state index contributed by atoms with van der Waals surface area (Å²) in [6, 6.07) is 21.6. The third-order valence-corrected chi connectivity index (χ3v) is 6.19. The number of aromatic nitrogens is 4. The van der Waals surface area contributed by atoms with Gasteiger partial charge in [-0.05, 0) is 52.2 Å². The zero-order valence-electron chi connectivity index (χ0n) is 15.6. The van der Waals surface area contributed by atoms with Gasteiger partial charge in [-0.3, -0.25) is 0 Å². The molecule has 0 aliphatic rings. The molecule has 146 valence electrons. The molecule has 1 heterocycles. The molecule has 0 atom stereocenters. The summed E-state index contributed by atoms with van der Waals surface area (Å²) in [5, 5.41) is 13.8. The highest BCUT2D eigenvalue weighted by molar-refractivity contribution is 7.90. The van der Waals surface area contributed by atoms with E-state index in [1.807, 2.05) is 36.4 Å². The lowest BCUT2D eigenvalue weighted by Crippen LogP contribution is -2.05. The fourth-order valence-electron chi connectivity index (χ4n) is 3.04. The van der Waals surface area contributed by atoms with E-state index >= 15 is 0 Å². The molecule has 8 heteroatoms. The Bertz CT molecular complexity index is 1220. The van der Waals surface area contributed by atoms with Crippen LogP contribution < -0.4 is 4.74 Å². The number of rotatable bonds is 6. The van der Waals surface area contributed by atoms with Crippen LogP contribution in [0.15, 0.2) is 77.7 Å². The van der Waals surface area contributed by atoms with Crippen molar-refractivity contribution in [3.05, 3.63) is 78.4 Å². The van der Waals surface area contributed by atoms with Crippen LogP contribution in [-0.4, -0.2) is 36.2 Å². The second-order valence-electron chi connectivity index (χ2n) is 6.45. The number of sulfone groups is 1. The summed E-state index contributed by atoms with van der Waals surface area (Å²) in [6.07, 6.45) is 0. The van der Waals surface area contributed by atoms with E-state index in [0.29, 0.717) is 17.0 Å². The highest BCUT2D eigenvalue weighted by atomic mass is 32.2. The first-order valence-corrected chi connectivity index (χ1v) is 10.5. The van der Waals surface area contributed by atoms with Gasteiger partial charge in [-0.25, -0.2) is 8.42 Å². The van der Waals surface area contributed by atoms with E-state index in [1.54, 1.807) is 43.5 Å². The number of ether oxygens (including phenoxy) is 1. The number of hydrogen-bond donors (Lipinski definition) is 1. The molecule has 0 amide bonds. The van der Waals surface area contributed by atoms with Crippen LogP contribution in [0.2, 0.25) is 0 Å². The largest absolute Gasteiger partial charge is 0.497 e. The van der Waals surface area contributed by atoms with Gasteiger partial charge in [0.05, 0.1) is 17.8 Å². The van der Waals surface area contributed by atoms with Crippen molar-refractivity contribution in [2.75, 3.05) is 7.11 Å². The number of benzene rings is 3. The summed E-state index contributed by atoms with van der Waals surface area (Å²) in [4.78, 5) is 0.274. The Morgan fingerprint density at radius 2 is 1.66 bits per heavy atom. The van der Waals surface area contributed by atoms with Gasteiger partial charge in [-0.2, -0.15) is 5.21 Å². The fraction of sp³-hybridized carbons (Fsp3) is 0.0952. The number of H-pyrrole nitrogens is 1. The van der Waals surface area contributed by atoms with E-state index in [1.165, 1.54) is 0 Å². The molecule has 0 aliphatic heterocycles. The van der Waals surface area contributed by atoms with Gasteiger partial charge in [-0.15, -0.1) is 10.2 Å². The molecule has 0 fully saturated rings. The first-order chi connectivity index (χ1) is 14.0. The molecular weight excluding hydrogens is 388 g/mol. The zero-order valence-corrected chi connectivity index (χ0v) is 16.4. The van der Waals surface area contributed by atoms with Crippen molar-refractivity contribution in [1.82, 2.24) is 20.6 Å². The van der Waals surface area contributed by atoms with Crippen LogP contribution >= 0.6 is 0 Å². The Labute approximate surface area is 168 Å². The van der Waals surface area contributed by atoms with Gasteiger partial charge in [0.1, 0.15) is 5.75 Å². The average Bonchev–Trinajstić information content (AvgIpc) is 3.29. The van der Waals surface area contributed by atoms with Crippen molar-refractivity contribution >= 4 is 9.84 Å². The van der Waals surface area contributed by atoms with Crippen LogP contribution in [0.3, 0.4) is 0 Å². The minimum Gasteiger partial charge on any atom is -0.497 e. The van der Waals surface area contributed by atoms with E-state index in [0.717, 1.165) is 16.9 Å². The molecule has 3 aromatic carbocycles. The van der Waals surface area contributed by atoms with Gasteiger partial charge in [-0.1, -0.05) is 42.5 Å². The highest BCUT2D eigenvalue weighted by Gasteiger charge is 2.17. The third-order valence-electron chi connectivity index (χ3n) is 4.50. The molecule has 1 N–H and O–H groups in total. The molecule has 4 rings (SSSR count). The predicted molar refractivity (Wildman–Crippen MR) is 109 cm³/mol.